The second kappa shape index (κ2) is 9.10. The zero-order valence-corrected chi connectivity index (χ0v) is 11.1. The number of nitrogens with one attached hydrogen (secondary N) is 1. The summed E-state index contributed by atoms with van der Waals surface area (Å²) in [6.07, 6.45) is 1.94. The number of unbranched alkanes of at least 4 members (excludes halogenated alkanes) is 1. The summed E-state index contributed by atoms with van der Waals surface area (Å²) in [7, 11) is 1.39. The largest absolute Gasteiger partial charge is 0.461 e. The van der Waals surface area contributed by atoms with Gasteiger partial charge in [0, 0.05) is 12.8 Å². The Morgan fingerprint density at radius 3 is 2.47 bits per heavy atom. The second-order valence-electron chi connectivity index (χ2n) is 4.08. The molecule has 0 spiro atoms. The molecule has 1 aromatic carbocycles. The lowest BCUT2D eigenvalue weighted by Crippen LogP contribution is -2.21. The molecule has 1 amide bonds. The molecule has 1 rings (SSSR count). The number of ether oxygens (including phenoxy) is 1. The fourth-order valence-corrected chi connectivity index (χ4v) is 1.53. The highest BCUT2D eigenvalue weighted by Gasteiger charge is 2.05. The van der Waals surface area contributed by atoms with Crippen molar-refractivity contribution in [2.75, 3.05) is 7.11 Å². The van der Waals surface area contributed by atoms with Crippen LogP contribution in [0, 0.1) is 0 Å². The average molecular weight is 265 g/mol. The van der Waals surface area contributed by atoms with Gasteiger partial charge in [0.05, 0.1) is 7.11 Å². The highest BCUT2D eigenvalue weighted by atomic mass is 16.6. The third-order valence-electron chi connectivity index (χ3n) is 2.49. The first-order valence-electron chi connectivity index (χ1n) is 6.23. The van der Waals surface area contributed by atoms with Crippen LogP contribution in [0.2, 0.25) is 0 Å². The number of hydrogen-bond acceptors (Lipinski definition) is 4. The molecule has 104 valence electrons. The summed E-state index contributed by atoms with van der Waals surface area (Å²) in [4.78, 5) is 27.0. The van der Waals surface area contributed by atoms with Crippen LogP contribution in [0.1, 0.15) is 31.2 Å². The number of rotatable bonds is 8. The first kappa shape index (κ1) is 15.2. The maximum atomic E-state index is 11.4. The van der Waals surface area contributed by atoms with E-state index in [1.807, 2.05) is 30.3 Å². The second-order valence-corrected chi connectivity index (χ2v) is 4.08. The molecule has 0 heterocycles. The van der Waals surface area contributed by atoms with Crippen molar-refractivity contribution in [2.24, 2.45) is 0 Å². The number of carbonyl (C=O) groups excluding carboxylic acids is 2. The van der Waals surface area contributed by atoms with Crippen LogP contribution in [-0.2, 0) is 25.8 Å². The summed E-state index contributed by atoms with van der Waals surface area (Å²) >= 11 is 0. The van der Waals surface area contributed by atoms with Crippen LogP contribution in [0.3, 0.4) is 0 Å². The molecule has 0 aromatic heterocycles. The van der Waals surface area contributed by atoms with Gasteiger partial charge in [-0.2, -0.15) is 0 Å². The molecule has 0 radical (unpaired) electrons. The number of esters is 1. The van der Waals surface area contributed by atoms with E-state index in [4.69, 9.17) is 4.74 Å². The predicted octanol–water partition coefficient (Wildman–Crippen LogP) is 1.97. The predicted molar refractivity (Wildman–Crippen MR) is 69.9 cm³/mol. The van der Waals surface area contributed by atoms with Crippen molar-refractivity contribution in [3.05, 3.63) is 35.9 Å². The first-order valence-corrected chi connectivity index (χ1v) is 6.23. The van der Waals surface area contributed by atoms with Crippen molar-refractivity contribution in [3.8, 4) is 0 Å². The number of hydroxylamine groups is 1. The van der Waals surface area contributed by atoms with Gasteiger partial charge in [-0.3, -0.25) is 14.4 Å². The van der Waals surface area contributed by atoms with E-state index in [0.717, 1.165) is 5.56 Å². The average Bonchev–Trinajstić information content (AvgIpc) is 2.43. The van der Waals surface area contributed by atoms with E-state index in [9.17, 15) is 9.59 Å². The third-order valence-corrected chi connectivity index (χ3v) is 2.49. The van der Waals surface area contributed by atoms with Gasteiger partial charge in [-0.25, -0.2) is 5.48 Å². The van der Waals surface area contributed by atoms with Gasteiger partial charge in [0.1, 0.15) is 6.61 Å². The Labute approximate surface area is 112 Å². The number of amides is 1. The van der Waals surface area contributed by atoms with Crippen molar-refractivity contribution in [3.63, 3.8) is 0 Å². The third kappa shape index (κ3) is 7.21. The molecule has 5 nitrogen and oxygen atoms in total. The molecule has 1 aromatic rings. The summed E-state index contributed by atoms with van der Waals surface area (Å²) in [5, 5.41) is 0. The molecule has 0 unspecified atom stereocenters. The Hall–Kier alpha value is -1.88. The first-order chi connectivity index (χ1) is 9.22. The van der Waals surface area contributed by atoms with Crippen molar-refractivity contribution >= 4 is 11.9 Å². The molecular formula is C14H19NO4. The molecule has 0 bridgehead atoms. The lowest BCUT2D eigenvalue weighted by atomic mass is 10.2. The van der Waals surface area contributed by atoms with Crippen LogP contribution in [0.4, 0.5) is 0 Å². The van der Waals surface area contributed by atoms with Gasteiger partial charge >= 0.3 is 5.97 Å². The van der Waals surface area contributed by atoms with Gasteiger partial charge in [0.25, 0.3) is 0 Å². The minimum Gasteiger partial charge on any atom is -0.461 e. The van der Waals surface area contributed by atoms with Crippen molar-refractivity contribution < 1.29 is 19.2 Å². The highest BCUT2D eigenvalue weighted by Crippen LogP contribution is 2.05. The maximum Gasteiger partial charge on any atom is 0.306 e. The Bertz CT molecular complexity index is 392. The van der Waals surface area contributed by atoms with E-state index < -0.39 is 0 Å². The van der Waals surface area contributed by atoms with Gasteiger partial charge in [-0.1, -0.05) is 30.3 Å². The normalized spacial score (nSPS) is 9.95. The number of benzene rings is 1. The van der Waals surface area contributed by atoms with E-state index >= 15 is 0 Å². The molecule has 5 heteroatoms. The van der Waals surface area contributed by atoms with E-state index in [2.05, 4.69) is 10.3 Å². The lowest BCUT2D eigenvalue weighted by molar-refractivity contribution is -0.145. The maximum absolute atomic E-state index is 11.4. The minimum absolute atomic E-state index is 0.180. The molecule has 0 atom stereocenters. The van der Waals surface area contributed by atoms with Crippen molar-refractivity contribution in [1.82, 2.24) is 5.48 Å². The summed E-state index contributed by atoms with van der Waals surface area (Å²) in [5.41, 5.74) is 3.19. The summed E-state index contributed by atoms with van der Waals surface area (Å²) < 4.78 is 5.12. The van der Waals surface area contributed by atoms with Crippen molar-refractivity contribution in [2.45, 2.75) is 32.3 Å². The van der Waals surface area contributed by atoms with Gasteiger partial charge in [0.2, 0.25) is 5.91 Å². The fourth-order valence-electron chi connectivity index (χ4n) is 1.53. The summed E-state index contributed by atoms with van der Waals surface area (Å²) in [5.74, 6) is -0.420. The topological polar surface area (TPSA) is 64.6 Å². The van der Waals surface area contributed by atoms with Gasteiger partial charge in [0.15, 0.2) is 0 Å². The van der Waals surface area contributed by atoms with Gasteiger partial charge in [-0.15, -0.1) is 0 Å². The fraction of sp³-hybridized carbons (Fsp3) is 0.429. The Balaban J connectivity index is 2.07. The molecule has 0 aliphatic rings. The van der Waals surface area contributed by atoms with Gasteiger partial charge in [-0.05, 0) is 18.4 Å². The molecule has 0 saturated carbocycles. The molecule has 19 heavy (non-hydrogen) atoms. The van der Waals surface area contributed by atoms with Crippen LogP contribution in [0.15, 0.2) is 30.3 Å². The molecule has 0 aliphatic carbocycles. The summed E-state index contributed by atoms with van der Waals surface area (Å²) in [6, 6.07) is 9.52. The molecule has 0 fully saturated rings. The monoisotopic (exact) mass is 265 g/mol. The Morgan fingerprint density at radius 1 is 1.11 bits per heavy atom. The minimum atomic E-state index is -0.240. The van der Waals surface area contributed by atoms with Crippen molar-refractivity contribution in [1.29, 1.82) is 0 Å². The smallest absolute Gasteiger partial charge is 0.306 e. The molecule has 0 saturated heterocycles. The van der Waals surface area contributed by atoms with Gasteiger partial charge < -0.3 is 4.74 Å². The molecule has 1 N–H and O–H groups in total. The standard InChI is InChI=1S/C14H19NO4/c1-18-15-13(16)9-5-6-10-14(17)19-11-12-7-3-2-4-8-12/h2-4,7-8H,5-6,9-11H2,1H3,(H,15,16). The highest BCUT2D eigenvalue weighted by molar-refractivity contribution is 5.74. The van der Waals surface area contributed by atoms with Crippen LogP contribution in [0.25, 0.3) is 0 Å². The SMILES string of the molecule is CONC(=O)CCCCC(=O)OCc1ccccc1. The van der Waals surface area contributed by atoms with Crippen LogP contribution in [0.5, 0.6) is 0 Å². The van der Waals surface area contributed by atoms with E-state index in [0.29, 0.717) is 32.3 Å². The zero-order chi connectivity index (χ0) is 13.9. The van der Waals surface area contributed by atoms with Crippen LogP contribution in [-0.4, -0.2) is 19.0 Å². The van der Waals surface area contributed by atoms with E-state index in [-0.39, 0.29) is 11.9 Å². The lowest BCUT2D eigenvalue weighted by Gasteiger charge is -2.05. The molecular weight excluding hydrogens is 246 g/mol. The summed E-state index contributed by atoms with van der Waals surface area (Å²) in [6.45, 7) is 0.295. The molecule has 0 aliphatic heterocycles. The van der Waals surface area contributed by atoms with Crippen LogP contribution < -0.4 is 5.48 Å². The Morgan fingerprint density at radius 2 is 1.79 bits per heavy atom. The zero-order valence-electron chi connectivity index (χ0n) is 11.1. The van der Waals surface area contributed by atoms with Crippen LogP contribution >= 0.6 is 0 Å². The van der Waals surface area contributed by atoms with E-state index in [1.165, 1.54) is 7.11 Å². The van der Waals surface area contributed by atoms with E-state index in [1.54, 1.807) is 0 Å². The Kier molecular flexibility index (Phi) is 7.27. The quantitative estimate of drug-likeness (QED) is 0.443. The number of carbonyl (C=O) groups is 2. The number of hydrogen-bond donors (Lipinski definition) is 1.